The summed E-state index contributed by atoms with van der Waals surface area (Å²) in [6, 6.07) is 0.839. The van der Waals surface area contributed by atoms with E-state index in [0.717, 1.165) is 11.1 Å². The van der Waals surface area contributed by atoms with E-state index < -0.39 is 12.0 Å². The van der Waals surface area contributed by atoms with E-state index in [-0.39, 0.29) is 11.5 Å². The Morgan fingerprint density at radius 1 is 1.53 bits per heavy atom. The van der Waals surface area contributed by atoms with Crippen LogP contribution in [0.4, 0.5) is 0 Å². The zero-order chi connectivity index (χ0) is 12.6. The molecule has 0 aliphatic carbocycles. The lowest BCUT2D eigenvalue weighted by molar-refractivity contribution is -0.138. The van der Waals surface area contributed by atoms with Crippen molar-refractivity contribution in [2.75, 3.05) is 5.75 Å². The minimum atomic E-state index is -0.910. The molecular weight excluding hydrogens is 242 g/mol. The van der Waals surface area contributed by atoms with Crippen molar-refractivity contribution in [2.24, 2.45) is 0 Å². The highest BCUT2D eigenvalue weighted by atomic mass is 32.2. The number of fused-ring (bicyclic) bond motifs is 1. The van der Waals surface area contributed by atoms with Crippen LogP contribution < -0.4 is 5.32 Å². The first-order valence-electron chi connectivity index (χ1n) is 5.14. The van der Waals surface area contributed by atoms with Crippen LogP contribution in [0.15, 0.2) is 11.0 Å². The van der Waals surface area contributed by atoms with Gasteiger partial charge in [0.05, 0.1) is 4.90 Å². The monoisotopic (exact) mass is 255 g/mol. The Morgan fingerprint density at radius 2 is 2.24 bits per heavy atom. The van der Waals surface area contributed by atoms with Crippen molar-refractivity contribution >= 4 is 17.7 Å². The molecule has 6 heteroatoms. The Labute approximate surface area is 102 Å². The molecule has 17 heavy (non-hydrogen) atoms. The van der Waals surface area contributed by atoms with Crippen molar-refractivity contribution in [3.63, 3.8) is 0 Å². The number of nitrogens with one attached hydrogen (secondary N) is 1. The predicted octanol–water partition coefficient (Wildman–Crippen LogP) is 1.05. The van der Waals surface area contributed by atoms with Crippen LogP contribution in [0.5, 0.6) is 11.5 Å². The second-order valence-electron chi connectivity index (χ2n) is 3.95. The van der Waals surface area contributed by atoms with Gasteiger partial charge < -0.3 is 15.3 Å². The maximum atomic E-state index is 10.9. The quantitative estimate of drug-likeness (QED) is 0.561. The van der Waals surface area contributed by atoms with Crippen molar-refractivity contribution in [3.05, 3.63) is 17.2 Å². The highest BCUT2D eigenvalue weighted by Crippen LogP contribution is 2.41. The van der Waals surface area contributed by atoms with Gasteiger partial charge in [0, 0.05) is 12.3 Å². The highest BCUT2D eigenvalue weighted by molar-refractivity contribution is 7.99. The standard InChI is InChI=1S/C11H13NO4S/c1-5-2-8(13)9(14)10-6(5)3-12-7(4-17-10)11(15)16/h2,7,12-14H,3-4H2,1H3,(H,15,16)/t7-/m0/s1. The van der Waals surface area contributed by atoms with Crippen molar-refractivity contribution in [1.82, 2.24) is 5.32 Å². The van der Waals surface area contributed by atoms with Crippen molar-refractivity contribution < 1.29 is 20.1 Å². The molecule has 0 unspecified atom stereocenters. The number of rotatable bonds is 1. The number of hydrogen-bond donors (Lipinski definition) is 4. The fraction of sp³-hybridized carbons (Fsp3) is 0.364. The second-order valence-corrected chi connectivity index (χ2v) is 4.98. The van der Waals surface area contributed by atoms with Gasteiger partial charge in [0.15, 0.2) is 11.5 Å². The number of thioether (sulfide) groups is 1. The maximum absolute atomic E-state index is 10.9. The van der Waals surface area contributed by atoms with Crippen LogP contribution in [0.2, 0.25) is 0 Å². The number of hydrogen-bond acceptors (Lipinski definition) is 5. The van der Waals surface area contributed by atoms with Crippen molar-refractivity contribution in [3.8, 4) is 11.5 Å². The summed E-state index contributed by atoms with van der Waals surface area (Å²) in [5.74, 6) is -0.920. The minimum absolute atomic E-state index is 0.163. The largest absolute Gasteiger partial charge is 0.504 e. The molecule has 2 rings (SSSR count). The number of carboxylic acid groups (broad SMARTS) is 1. The van der Waals surface area contributed by atoms with E-state index in [1.165, 1.54) is 17.8 Å². The molecular formula is C11H13NO4S. The van der Waals surface area contributed by atoms with E-state index in [1.54, 1.807) is 0 Å². The molecule has 0 amide bonds. The Balaban J connectivity index is 2.40. The Kier molecular flexibility index (Phi) is 3.17. The summed E-state index contributed by atoms with van der Waals surface area (Å²) in [6.45, 7) is 2.19. The predicted molar refractivity (Wildman–Crippen MR) is 63.5 cm³/mol. The molecule has 1 aliphatic rings. The van der Waals surface area contributed by atoms with E-state index in [2.05, 4.69) is 5.32 Å². The van der Waals surface area contributed by atoms with Gasteiger partial charge in [-0.15, -0.1) is 11.8 Å². The average Bonchev–Trinajstić information content (AvgIpc) is 2.48. The SMILES string of the molecule is Cc1cc(O)c(O)c2c1CN[C@H](C(=O)O)CS2. The topological polar surface area (TPSA) is 89.8 Å². The Bertz CT molecular complexity index is 475. The van der Waals surface area contributed by atoms with E-state index in [9.17, 15) is 15.0 Å². The Hall–Kier alpha value is -1.40. The number of phenols is 2. The summed E-state index contributed by atoms with van der Waals surface area (Å²) in [4.78, 5) is 11.5. The minimum Gasteiger partial charge on any atom is -0.504 e. The van der Waals surface area contributed by atoms with Crippen LogP contribution in [0, 0.1) is 6.92 Å². The Morgan fingerprint density at radius 3 is 2.88 bits per heavy atom. The smallest absolute Gasteiger partial charge is 0.321 e. The van der Waals surface area contributed by atoms with Crippen LogP contribution >= 0.6 is 11.8 Å². The van der Waals surface area contributed by atoms with Crippen LogP contribution in [-0.2, 0) is 11.3 Å². The fourth-order valence-corrected chi connectivity index (χ4v) is 3.03. The maximum Gasteiger partial charge on any atom is 0.321 e. The average molecular weight is 255 g/mol. The first-order chi connectivity index (χ1) is 8.00. The van der Waals surface area contributed by atoms with Gasteiger partial charge in [0.2, 0.25) is 0 Å². The van der Waals surface area contributed by atoms with Crippen LogP contribution in [0.3, 0.4) is 0 Å². The number of carbonyl (C=O) groups is 1. The molecule has 0 bridgehead atoms. The molecule has 1 atom stereocenters. The molecule has 0 fully saturated rings. The number of carboxylic acids is 1. The van der Waals surface area contributed by atoms with Gasteiger partial charge in [-0.1, -0.05) is 0 Å². The normalized spacial score (nSPS) is 19.5. The third-order valence-corrected chi connectivity index (χ3v) is 4.01. The highest BCUT2D eigenvalue weighted by Gasteiger charge is 2.25. The summed E-state index contributed by atoms with van der Waals surface area (Å²) in [5.41, 5.74) is 1.68. The van der Waals surface area contributed by atoms with E-state index in [4.69, 9.17) is 5.11 Å². The van der Waals surface area contributed by atoms with Gasteiger partial charge in [0.25, 0.3) is 0 Å². The molecule has 0 spiro atoms. The van der Waals surface area contributed by atoms with E-state index in [1.807, 2.05) is 6.92 Å². The van der Waals surface area contributed by atoms with Crippen LogP contribution in [-0.4, -0.2) is 33.1 Å². The molecule has 5 nitrogen and oxygen atoms in total. The van der Waals surface area contributed by atoms with Crippen molar-refractivity contribution in [1.29, 1.82) is 0 Å². The zero-order valence-electron chi connectivity index (χ0n) is 9.23. The molecule has 0 saturated carbocycles. The fourth-order valence-electron chi connectivity index (χ4n) is 1.78. The number of aromatic hydroxyl groups is 2. The van der Waals surface area contributed by atoms with Gasteiger partial charge in [-0.3, -0.25) is 10.1 Å². The number of aliphatic carboxylic acids is 1. The molecule has 4 N–H and O–H groups in total. The zero-order valence-corrected chi connectivity index (χ0v) is 10.0. The number of aryl methyl sites for hydroxylation is 1. The molecule has 92 valence electrons. The molecule has 0 radical (unpaired) electrons. The molecule has 1 aromatic rings. The molecule has 0 saturated heterocycles. The lowest BCUT2D eigenvalue weighted by atomic mass is 10.1. The molecule has 0 aromatic heterocycles. The second kappa shape index (κ2) is 4.46. The third kappa shape index (κ3) is 2.18. The third-order valence-electron chi connectivity index (χ3n) is 2.78. The summed E-state index contributed by atoms with van der Waals surface area (Å²) >= 11 is 1.25. The number of benzene rings is 1. The first-order valence-corrected chi connectivity index (χ1v) is 6.12. The summed E-state index contributed by atoms with van der Waals surface area (Å²) < 4.78 is 0. The van der Waals surface area contributed by atoms with Gasteiger partial charge >= 0.3 is 5.97 Å². The van der Waals surface area contributed by atoms with E-state index >= 15 is 0 Å². The van der Waals surface area contributed by atoms with Gasteiger partial charge in [-0.25, -0.2) is 0 Å². The summed E-state index contributed by atoms with van der Waals surface area (Å²) in [6.07, 6.45) is 0. The van der Waals surface area contributed by atoms with Gasteiger partial charge in [-0.2, -0.15) is 0 Å². The van der Waals surface area contributed by atoms with Crippen LogP contribution in [0.1, 0.15) is 11.1 Å². The lowest BCUT2D eigenvalue weighted by Gasteiger charge is -2.12. The van der Waals surface area contributed by atoms with Gasteiger partial charge in [0.1, 0.15) is 6.04 Å². The van der Waals surface area contributed by atoms with Gasteiger partial charge in [-0.05, 0) is 24.1 Å². The molecule has 1 heterocycles. The summed E-state index contributed by atoms with van der Waals surface area (Å²) in [5, 5.41) is 31.2. The summed E-state index contributed by atoms with van der Waals surface area (Å²) in [7, 11) is 0. The van der Waals surface area contributed by atoms with Crippen LogP contribution in [0.25, 0.3) is 0 Å². The molecule has 1 aliphatic heterocycles. The number of phenolic OH excluding ortho intramolecular Hbond substituents is 2. The van der Waals surface area contributed by atoms with Crippen molar-refractivity contribution in [2.45, 2.75) is 24.4 Å². The molecule has 1 aromatic carbocycles. The van der Waals surface area contributed by atoms with E-state index in [0.29, 0.717) is 17.2 Å². The first kappa shape index (κ1) is 12.1. The lowest BCUT2D eigenvalue weighted by Crippen LogP contribution is -2.37.